The van der Waals surface area contributed by atoms with E-state index in [1.165, 1.54) is 32.5 Å². The maximum atomic E-state index is 3.50. The van der Waals surface area contributed by atoms with E-state index in [1.54, 1.807) is 38.5 Å². The number of rotatable bonds is 3. The van der Waals surface area contributed by atoms with Gasteiger partial charge in [0.15, 0.2) is 0 Å². The molecular formula is C17H30N2. The topological polar surface area (TPSA) is 15.3 Å². The maximum Gasteiger partial charge on any atom is 0.0192 e. The Labute approximate surface area is 118 Å². The highest BCUT2D eigenvalue weighted by Crippen LogP contribution is 2.60. The van der Waals surface area contributed by atoms with Crippen molar-refractivity contribution >= 4 is 0 Å². The lowest BCUT2D eigenvalue weighted by Crippen LogP contribution is -2.54. The molecule has 1 unspecified atom stereocenters. The summed E-state index contributed by atoms with van der Waals surface area (Å²) in [7, 11) is 2.14. The third-order valence-electron chi connectivity index (χ3n) is 6.64. The summed E-state index contributed by atoms with van der Waals surface area (Å²) in [5, 5.41) is 3.50. The molecule has 5 aliphatic rings. The Kier molecular flexibility index (Phi) is 3.15. The first-order valence-corrected chi connectivity index (χ1v) is 8.64. The summed E-state index contributed by atoms with van der Waals surface area (Å²) in [4.78, 5) is 2.80. The zero-order valence-corrected chi connectivity index (χ0v) is 12.5. The molecule has 1 heterocycles. The fourth-order valence-corrected chi connectivity index (χ4v) is 6.39. The van der Waals surface area contributed by atoms with Crippen LogP contribution in [-0.2, 0) is 0 Å². The molecule has 4 saturated carbocycles. The number of hydrogen-bond acceptors (Lipinski definition) is 2. The molecule has 4 bridgehead atoms. The first-order chi connectivity index (χ1) is 9.25. The minimum atomic E-state index is 0.740. The number of nitrogens with zero attached hydrogens (tertiary/aromatic N) is 1. The molecule has 1 atom stereocenters. The molecule has 1 N–H and O–H groups in total. The van der Waals surface area contributed by atoms with E-state index in [2.05, 4.69) is 17.3 Å². The van der Waals surface area contributed by atoms with Gasteiger partial charge in [0.1, 0.15) is 0 Å². The number of hydrogen-bond donors (Lipinski definition) is 1. The predicted molar refractivity (Wildman–Crippen MR) is 79.1 cm³/mol. The minimum absolute atomic E-state index is 0.740. The molecule has 0 aromatic rings. The fraction of sp³-hybridized carbons (Fsp3) is 1.00. The summed E-state index contributed by atoms with van der Waals surface area (Å²) in [5.74, 6) is 3.32. The Bertz CT molecular complexity index is 303. The smallest absolute Gasteiger partial charge is 0.0192 e. The van der Waals surface area contributed by atoms with Crippen molar-refractivity contribution in [2.75, 3.05) is 26.7 Å². The highest BCUT2D eigenvalue weighted by atomic mass is 15.2. The van der Waals surface area contributed by atoms with Gasteiger partial charge >= 0.3 is 0 Å². The molecule has 19 heavy (non-hydrogen) atoms. The van der Waals surface area contributed by atoms with E-state index in [0.29, 0.717) is 0 Å². The molecule has 1 aliphatic heterocycles. The molecule has 108 valence electrons. The van der Waals surface area contributed by atoms with E-state index >= 15 is 0 Å². The molecule has 1 saturated heterocycles. The monoisotopic (exact) mass is 262 g/mol. The average Bonchev–Trinajstić information content (AvgIpc) is 2.36. The van der Waals surface area contributed by atoms with Gasteiger partial charge in [-0.05, 0) is 88.1 Å². The second kappa shape index (κ2) is 4.73. The van der Waals surface area contributed by atoms with Gasteiger partial charge in [0, 0.05) is 19.1 Å². The molecule has 5 fully saturated rings. The third kappa shape index (κ3) is 2.35. The van der Waals surface area contributed by atoms with E-state index in [0.717, 1.165) is 29.2 Å². The van der Waals surface area contributed by atoms with Crippen LogP contribution >= 0.6 is 0 Å². The Morgan fingerprint density at radius 1 is 1.05 bits per heavy atom. The van der Waals surface area contributed by atoms with Crippen molar-refractivity contribution < 1.29 is 0 Å². The molecule has 5 rings (SSSR count). The first-order valence-electron chi connectivity index (χ1n) is 8.64. The van der Waals surface area contributed by atoms with Crippen molar-refractivity contribution in [3.63, 3.8) is 0 Å². The van der Waals surface area contributed by atoms with Crippen LogP contribution in [0, 0.1) is 23.2 Å². The van der Waals surface area contributed by atoms with Crippen LogP contribution in [0.1, 0.15) is 51.4 Å². The van der Waals surface area contributed by atoms with Gasteiger partial charge in [0.2, 0.25) is 0 Å². The van der Waals surface area contributed by atoms with E-state index in [9.17, 15) is 0 Å². The highest BCUT2D eigenvalue weighted by molar-refractivity contribution is 5.02. The van der Waals surface area contributed by atoms with Crippen LogP contribution in [0.3, 0.4) is 0 Å². The summed E-state index contributed by atoms with van der Waals surface area (Å²) in [6, 6.07) is 0.752. The van der Waals surface area contributed by atoms with Gasteiger partial charge in [0.05, 0.1) is 0 Å². The van der Waals surface area contributed by atoms with Crippen molar-refractivity contribution in [2.24, 2.45) is 23.2 Å². The molecule has 2 heteroatoms. The second-order valence-electron chi connectivity index (χ2n) is 8.28. The molecule has 4 aliphatic carbocycles. The standard InChI is InChI=1S/C17H30N2/c1-18-16-3-2-4-19(11-16)12-17-8-13-5-14(9-17)7-15(6-13)10-17/h13-16,18H,2-12H2,1H3. The van der Waals surface area contributed by atoms with Crippen LogP contribution in [0.2, 0.25) is 0 Å². The summed E-state index contributed by atoms with van der Waals surface area (Å²) in [5.41, 5.74) is 0.740. The Balaban J connectivity index is 1.44. The lowest BCUT2D eigenvalue weighted by molar-refractivity contribution is -0.0720. The van der Waals surface area contributed by atoms with Crippen LogP contribution in [0.5, 0.6) is 0 Å². The number of nitrogens with one attached hydrogen (secondary N) is 1. The quantitative estimate of drug-likeness (QED) is 0.841. The summed E-state index contributed by atoms with van der Waals surface area (Å²) < 4.78 is 0. The van der Waals surface area contributed by atoms with Crippen LogP contribution in [0.4, 0.5) is 0 Å². The molecule has 2 nitrogen and oxygen atoms in total. The second-order valence-corrected chi connectivity index (χ2v) is 8.28. The van der Waals surface area contributed by atoms with E-state index in [4.69, 9.17) is 0 Å². The molecule has 0 aromatic carbocycles. The summed E-state index contributed by atoms with van der Waals surface area (Å²) in [6.45, 7) is 4.09. The van der Waals surface area contributed by atoms with Gasteiger partial charge in [-0.2, -0.15) is 0 Å². The van der Waals surface area contributed by atoms with Gasteiger partial charge in [-0.15, -0.1) is 0 Å². The largest absolute Gasteiger partial charge is 0.316 e. The first kappa shape index (κ1) is 12.6. The zero-order chi connectivity index (χ0) is 12.9. The lowest BCUT2D eigenvalue weighted by Gasteiger charge is -2.58. The predicted octanol–water partition coefficient (Wildman–Crippen LogP) is 2.89. The number of likely N-dealkylation sites (N-methyl/N-ethyl adjacent to an activating group) is 1. The average molecular weight is 262 g/mol. The van der Waals surface area contributed by atoms with Crippen molar-refractivity contribution in [3.05, 3.63) is 0 Å². The summed E-state index contributed by atoms with van der Waals surface area (Å²) in [6.07, 6.45) is 12.2. The molecular weight excluding hydrogens is 232 g/mol. The number of piperidine rings is 1. The highest BCUT2D eigenvalue weighted by Gasteiger charge is 2.51. The fourth-order valence-electron chi connectivity index (χ4n) is 6.39. The minimum Gasteiger partial charge on any atom is -0.316 e. The number of likely N-dealkylation sites (tertiary alicyclic amines) is 1. The van der Waals surface area contributed by atoms with Gasteiger partial charge in [0.25, 0.3) is 0 Å². The van der Waals surface area contributed by atoms with Crippen molar-refractivity contribution in [1.82, 2.24) is 10.2 Å². The lowest BCUT2D eigenvalue weighted by atomic mass is 9.49. The Morgan fingerprint density at radius 2 is 1.68 bits per heavy atom. The Hall–Kier alpha value is -0.0800. The van der Waals surface area contributed by atoms with Crippen LogP contribution in [0.15, 0.2) is 0 Å². The van der Waals surface area contributed by atoms with E-state index in [-0.39, 0.29) is 0 Å². The van der Waals surface area contributed by atoms with E-state index < -0.39 is 0 Å². The molecule has 0 amide bonds. The van der Waals surface area contributed by atoms with Gasteiger partial charge < -0.3 is 10.2 Å². The summed E-state index contributed by atoms with van der Waals surface area (Å²) >= 11 is 0. The van der Waals surface area contributed by atoms with Crippen LogP contribution in [-0.4, -0.2) is 37.6 Å². The maximum absolute atomic E-state index is 3.50. The Morgan fingerprint density at radius 3 is 2.26 bits per heavy atom. The van der Waals surface area contributed by atoms with E-state index in [1.807, 2.05) is 0 Å². The zero-order valence-electron chi connectivity index (χ0n) is 12.5. The SMILES string of the molecule is CNC1CCCN(CC23CC4CC(CC(C4)C2)C3)C1. The van der Waals surface area contributed by atoms with Gasteiger partial charge in [-0.25, -0.2) is 0 Å². The van der Waals surface area contributed by atoms with Crippen molar-refractivity contribution in [3.8, 4) is 0 Å². The molecule has 0 radical (unpaired) electrons. The molecule has 0 spiro atoms. The van der Waals surface area contributed by atoms with Crippen molar-refractivity contribution in [2.45, 2.75) is 57.4 Å². The van der Waals surface area contributed by atoms with Crippen molar-refractivity contribution in [1.29, 1.82) is 0 Å². The van der Waals surface area contributed by atoms with Gasteiger partial charge in [-0.3, -0.25) is 0 Å². The van der Waals surface area contributed by atoms with Gasteiger partial charge in [-0.1, -0.05) is 0 Å². The normalized spacial score (nSPS) is 49.7. The molecule has 0 aromatic heterocycles. The van der Waals surface area contributed by atoms with Crippen LogP contribution < -0.4 is 5.32 Å². The van der Waals surface area contributed by atoms with Crippen LogP contribution in [0.25, 0.3) is 0 Å². The third-order valence-corrected chi connectivity index (χ3v) is 6.64.